The minimum Gasteiger partial charge on any atom is -0.493 e. The smallest absolute Gasteiger partial charge is 0.343 e. The first-order valence-electron chi connectivity index (χ1n) is 10.5. The molecule has 0 aliphatic carbocycles. The Morgan fingerprint density at radius 2 is 1.35 bits per heavy atom. The second-order valence-corrected chi connectivity index (χ2v) is 7.39. The number of hydrogen-bond donors (Lipinski definition) is 0. The van der Waals surface area contributed by atoms with Gasteiger partial charge in [-0.05, 0) is 65.6 Å². The van der Waals surface area contributed by atoms with E-state index in [1.165, 1.54) is 0 Å². The molecule has 0 saturated heterocycles. The van der Waals surface area contributed by atoms with Crippen molar-refractivity contribution in [2.24, 2.45) is 5.92 Å². The van der Waals surface area contributed by atoms with Crippen molar-refractivity contribution in [3.63, 3.8) is 0 Å². The van der Waals surface area contributed by atoms with Crippen LogP contribution in [-0.4, -0.2) is 19.2 Å². The third-order valence-electron chi connectivity index (χ3n) is 4.94. The Kier molecular flexibility index (Phi) is 7.88. The summed E-state index contributed by atoms with van der Waals surface area (Å²) in [4.78, 5) is 12.4. The molecule has 0 amide bonds. The lowest BCUT2D eigenvalue weighted by Gasteiger charge is -2.11. The van der Waals surface area contributed by atoms with Crippen LogP contribution in [0.25, 0.3) is 11.1 Å². The third-order valence-corrected chi connectivity index (χ3v) is 4.94. The van der Waals surface area contributed by atoms with E-state index >= 15 is 0 Å². The summed E-state index contributed by atoms with van der Waals surface area (Å²) < 4.78 is 16.7. The second-order valence-electron chi connectivity index (χ2n) is 7.39. The number of rotatable bonds is 10. The van der Waals surface area contributed by atoms with Crippen molar-refractivity contribution < 1.29 is 19.0 Å². The molecule has 4 heteroatoms. The minimum atomic E-state index is -0.403. The van der Waals surface area contributed by atoms with Gasteiger partial charge in [-0.1, -0.05) is 57.2 Å². The van der Waals surface area contributed by atoms with E-state index in [2.05, 4.69) is 20.4 Å². The summed E-state index contributed by atoms with van der Waals surface area (Å²) in [6.45, 7) is 9.10. The lowest BCUT2D eigenvalue weighted by atomic mass is 10.0. The first-order valence-corrected chi connectivity index (χ1v) is 10.5. The lowest BCUT2D eigenvalue weighted by molar-refractivity contribution is 0.0734. The highest BCUT2D eigenvalue weighted by Crippen LogP contribution is 2.24. The average molecular weight is 417 g/mol. The predicted octanol–water partition coefficient (Wildman–Crippen LogP) is 6.56. The van der Waals surface area contributed by atoms with E-state index in [-0.39, 0.29) is 0 Å². The van der Waals surface area contributed by atoms with E-state index in [0.29, 0.717) is 29.6 Å². The fraction of sp³-hybridized carbons (Fsp3) is 0.222. The zero-order valence-electron chi connectivity index (χ0n) is 18.0. The van der Waals surface area contributed by atoms with Crippen LogP contribution in [0.1, 0.15) is 30.6 Å². The van der Waals surface area contributed by atoms with E-state index in [4.69, 9.17) is 14.2 Å². The SMILES string of the molecule is C=CCOc1ccc(OC(=O)c2ccc(-c3ccc(OCC(C)CC)cc3)cc2)cc1. The molecule has 0 bridgehead atoms. The molecule has 0 fully saturated rings. The van der Waals surface area contributed by atoms with E-state index in [9.17, 15) is 4.79 Å². The molecule has 160 valence electrons. The normalized spacial score (nSPS) is 11.4. The van der Waals surface area contributed by atoms with Crippen molar-refractivity contribution in [3.05, 3.63) is 91.0 Å². The third kappa shape index (κ3) is 6.48. The molecule has 4 nitrogen and oxygen atoms in total. The van der Waals surface area contributed by atoms with Crippen molar-refractivity contribution in [1.82, 2.24) is 0 Å². The van der Waals surface area contributed by atoms with Crippen molar-refractivity contribution in [2.75, 3.05) is 13.2 Å². The molecule has 0 radical (unpaired) electrons. The van der Waals surface area contributed by atoms with Crippen LogP contribution in [0.5, 0.6) is 17.2 Å². The molecule has 0 saturated carbocycles. The predicted molar refractivity (Wildman–Crippen MR) is 124 cm³/mol. The molecule has 3 aromatic carbocycles. The van der Waals surface area contributed by atoms with Crippen LogP contribution in [0, 0.1) is 5.92 Å². The largest absolute Gasteiger partial charge is 0.493 e. The molecule has 0 N–H and O–H groups in total. The highest BCUT2D eigenvalue weighted by atomic mass is 16.5. The molecular formula is C27H28O4. The quantitative estimate of drug-likeness (QED) is 0.213. The Bertz CT molecular complexity index is 973. The molecule has 0 aromatic heterocycles. The Hall–Kier alpha value is -3.53. The van der Waals surface area contributed by atoms with Crippen LogP contribution >= 0.6 is 0 Å². The molecule has 31 heavy (non-hydrogen) atoms. The van der Waals surface area contributed by atoms with Crippen LogP contribution in [0.15, 0.2) is 85.5 Å². The van der Waals surface area contributed by atoms with Gasteiger partial charge in [0.1, 0.15) is 23.9 Å². The molecule has 0 aliphatic rings. The molecule has 0 heterocycles. The summed E-state index contributed by atoms with van der Waals surface area (Å²) in [6.07, 6.45) is 2.77. The van der Waals surface area contributed by atoms with Gasteiger partial charge in [-0.25, -0.2) is 4.79 Å². The van der Waals surface area contributed by atoms with Gasteiger partial charge in [-0.2, -0.15) is 0 Å². The summed E-state index contributed by atoms with van der Waals surface area (Å²) in [7, 11) is 0. The molecule has 3 aromatic rings. The van der Waals surface area contributed by atoms with Crippen molar-refractivity contribution in [1.29, 1.82) is 0 Å². The lowest BCUT2D eigenvalue weighted by Crippen LogP contribution is -2.08. The standard InChI is InChI=1S/C27H28O4/c1-4-18-29-24-14-16-26(17-15-24)31-27(28)23-8-6-21(7-9-23)22-10-12-25(13-11-22)30-19-20(3)5-2/h4,6-17,20H,1,5,18-19H2,2-3H3. The summed E-state index contributed by atoms with van der Waals surface area (Å²) >= 11 is 0. The van der Waals surface area contributed by atoms with E-state index in [1.54, 1.807) is 42.5 Å². The van der Waals surface area contributed by atoms with Crippen LogP contribution < -0.4 is 14.2 Å². The second kappa shape index (κ2) is 11.0. The van der Waals surface area contributed by atoms with Gasteiger partial charge in [0.2, 0.25) is 0 Å². The molecule has 1 atom stereocenters. The maximum Gasteiger partial charge on any atom is 0.343 e. The molecule has 0 spiro atoms. The van der Waals surface area contributed by atoms with Crippen molar-refractivity contribution in [2.45, 2.75) is 20.3 Å². The van der Waals surface area contributed by atoms with Crippen molar-refractivity contribution >= 4 is 5.97 Å². The van der Waals surface area contributed by atoms with Crippen LogP contribution in [0.3, 0.4) is 0 Å². The van der Waals surface area contributed by atoms with Gasteiger partial charge in [-0.15, -0.1) is 0 Å². The Morgan fingerprint density at radius 3 is 1.94 bits per heavy atom. The zero-order chi connectivity index (χ0) is 22.1. The summed E-state index contributed by atoms with van der Waals surface area (Å²) in [5.41, 5.74) is 2.57. The highest BCUT2D eigenvalue weighted by molar-refractivity contribution is 5.91. The van der Waals surface area contributed by atoms with Crippen LogP contribution in [0.4, 0.5) is 0 Å². The molecule has 1 unspecified atom stereocenters. The minimum absolute atomic E-state index is 0.403. The average Bonchev–Trinajstić information content (AvgIpc) is 2.82. The van der Waals surface area contributed by atoms with Crippen molar-refractivity contribution in [3.8, 4) is 28.4 Å². The fourth-order valence-electron chi connectivity index (χ4n) is 2.82. The van der Waals surface area contributed by atoms with Gasteiger partial charge in [0.05, 0.1) is 12.2 Å². The Balaban J connectivity index is 1.59. The van der Waals surface area contributed by atoms with Gasteiger partial charge in [0.15, 0.2) is 0 Å². The van der Waals surface area contributed by atoms with Gasteiger partial charge in [0.25, 0.3) is 0 Å². The first kappa shape index (κ1) is 22.2. The van der Waals surface area contributed by atoms with E-state index in [0.717, 1.165) is 29.9 Å². The Labute approximate surface area is 184 Å². The zero-order valence-corrected chi connectivity index (χ0v) is 18.0. The highest BCUT2D eigenvalue weighted by Gasteiger charge is 2.09. The van der Waals surface area contributed by atoms with Gasteiger partial charge < -0.3 is 14.2 Å². The summed E-state index contributed by atoms with van der Waals surface area (Å²) in [5, 5.41) is 0. The van der Waals surface area contributed by atoms with Gasteiger partial charge in [0, 0.05) is 0 Å². The summed E-state index contributed by atoms with van der Waals surface area (Å²) in [6, 6.07) is 22.3. The Morgan fingerprint density at radius 1 is 0.839 bits per heavy atom. The number of carbonyl (C=O) groups excluding carboxylic acids is 1. The maximum atomic E-state index is 12.4. The molecular weight excluding hydrogens is 388 g/mol. The number of benzene rings is 3. The molecule has 0 aliphatic heterocycles. The topological polar surface area (TPSA) is 44.8 Å². The van der Waals surface area contributed by atoms with Crippen LogP contribution in [-0.2, 0) is 0 Å². The van der Waals surface area contributed by atoms with Crippen LogP contribution in [0.2, 0.25) is 0 Å². The van der Waals surface area contributed by atoms with E-state index < -0.39 is 5.97 Å². The fourth-order valence-corrected chi connectivity index (χ4v) is 2.82. The monoisotopic (exact) mass is 416 g/mol. The van der Waals surface area contributed by atoms with Gasteiger partial charge in [-0.3, -0.25) is 0 Å². The number of ether oxygens (including phenoxy) is 3. The van der Waals surface area contributed by atoms with Gasteiger partial charge >= 0.3 is 5.97 Å². The molecule has 3 rings (SSSR count). The maximum absolute atomic E-state index is 12.4. The number of esters is 1. The summed E-state index contributed by atoms with van der Waals surface area (Å²) in [5.74, 6) is 2.16. The van der Waals surface area contributed by atoms with E-state index in [1.807, 2.05) is 36.4 Å². The number of hydrogen-bond acceptors (Lipinski definition) is 4. The number of carbonyl (C=O) groups is 1. The first-order chi connectivity index (χ1) is 15.1.